The molecule has 0 radical (unpaired) electrons. The first-order chi connectivity index (χ1) is 13.4. The van der Waals surface area contributed by atoms with Crippen molar-refractivity contribution in [2.75, 3.05) is 11.9 Å². The summed E-state index contributed by atoms with van der Waals surface area (Å²) in [7, 11) is 0. The largest absolute Gasteiger partial charge is 0.545 e. The van der Waals surface area contributed by atoms with Crippen molar-refractivity contribution >= 4 is 34.3 Å². The van der Waals surface area contributed by atoms with Gasteiger partial charge in [0.15, 0.2) is 6.61 Å². The predicted octanol–water partition coefficient (Wildman–Crippen LogP) is 2.15. The van der Waals surface area contributed by atoms with Crippen LogP contribution in [-0.2, 0) is 9.59 Å². The average Bonchev–Trinajstić information content (AvgIpc) is 2.67. The zero-order valence-corrected chi connectivity index (χ0v) is 14.9. The van der Waals surface area contributed by atoms with Crippen molar-refractivity contribution in [3.63, 3.8) is 0 Å². The van der Waals surface area contributed by atoms with E-state index in [-0.39, 0.29) is 23.6 Å². The molecule has 0 aliphatic heterocycles. The van der Waals surface area contributed by atoms with Crippen molar-refractivity contribution in [3.05, 3.63) is 66.2 Å². The van der Waals surface area contributed by atoms with Crippen LogP contribution in [0.3, 0.4) is 0 Å². The molecule has 0 saturated heterocycles. The number of rotatable bonds is 6. The molecule has 0 fully saturated rings. The van der Waals surface area contributed by atoms with Crippen LogP contribution in [0.1, 0.15) is 17.3 Å². The number of carboxylic acid groups (broad SMARTS) is 1. The van der Waals surface area contributed by atoms with E-state index in [9.17, 15) is 19.5 Å². The van der Waals surface area contributed by atoms with Crippen molar-refractivity contribution in [1.29, 1.82) is 0 Å². The number of nitrogens with one attached hydrogen (secondary N) is 1. The van der Waals surface area contributed by atoms with Gasteiger partial charge in [0.25, 0.3) is 5.91 Å². The van der Waals surface area contributed by atoms with Gasteiger partial charge in [-0.05, 0) is 29.7 Å². The van der Waals surface area contributed by atoms with Crippen LogP contribution in [0.4, 0.5) is 5.69 Å². The van der Waals surface area contributed by atoms with Crippen LogP contribution in [0.15, 0.2) is 60.7 Å². The second kappa shape index (κ2) is 8.22. The van der Waals surface area contributed by atoms with Crippen molar-refractivity contribution < 1.29 is 29.0 Å². The quantitative estimate of drug-likeness (QED) is 0.521. The number of esters is 1. The first-order valence-electron chi connectivity index (χ1n) is 8.38. The van der Waals surface area contributed by atoms with E-state index in [2.05, 4.69) is 5.32 Å². The molecule has 1 amide bonds. The van der Waals surface area contributed by atoms with Crippen molar-refractivity contribution in [2.45, 2.75) is 6.92 Å². The molecule has 3 aromatic carbocycles. The lowest BCUT2D eigenvalue weighted by atomic mass is 10.1. The highest BCUT2D eigenvalue weighted by atomic mass is 16.5. The second-order valence-electron chi connectivity index (χ2n) is 5.90. The maximum Gasteiger partial charge on any atom is 0.308 e. The van der Waals surface area contributed by atoms with Crippen molar-refractivity contribution in [3.8, 4) is 11.5 Å². The van der Waals surface area contributed by atoms with Crippen LogP contribution in [0.25, 0.3) is 10.8 Å². The normalized spacial score (nSPS) is 10.3. The van der Waals surface area contributed by atoms with Gasteiger partial charge in [-0.3, -0.25) is 9.59 Å². The minimum atomic E-state index is -1.51. The molecule has 0 heterocycles. The number of ether oxygens (including phenoxy) is 2. The van der Waals surface area contributed by atoms with E-state index >= 15 is 0 Å². The number of benzene rings is 3. The van der Waals surface area contributed by atoms with Gasteiger partial charge in [0.05, 0.1) is 11.7 Å². The number of carbonyl (C=O) groups is 3. The second-order valence-corrected chi connectivity index (χ2v) is 5.90. The van der Waals surface area contributed by atoms with Crippen LogP contribution in [0.5, 0.6) is 11.5 Å². The predicted molar refractivity (Wildman–Crippen MR) is 100 cm³/mol. The standard InChI is InChI=1S/C21H17NO6/c1-13(23)28-15-9-10-18(17(11-15)21(25)26)22-20(24)12-27-19-8-4-6-14-5-2-3-7-16(14)19/h2-11H,12H2,1H3,(H,22,24)(H,25,26)/p-1. The van der Waals surface area contributed by atoms with E-state index in [0.717, 1.165) is 16.8 Å². The fourth-order valence-corrected chi connectivity index (χ4v) is 2.68. The molecule has 0 aliphatic carbocycles. The summed E-state index contributed by atoms with van der Waals surface area (Å²) in [6.45, 7) is 0.880. The van der Waals surface area contributed by atoms with E-state index in [4.69, 9.17) is 9.47 Å². The zero-order chi connectivity index (χ0) is 20.1. The van der Waals surface area contributed by atoms with E-state index in [0.29, 0.717) is 5.75 Å². The molecule has 7 nitrogen and oxygen atoms in total. The minimum absolute atomic E-state index is 0.0161. The van der Waals surface area contributed by atoms with E-state index in [1.807, 2.05) is 36.4 Å². The third-order valence-corrected chi connectivity index (χ3v) is 3.86. The molecular formula is C21H16NO6-. The van der Waals surface area contributed by atoms with Crippen LogP contribution < -0.4 is 19.9 Å². The van der Waals surface area contributed by atoms with E-state index in [1.165, 1.54) is 19.1 Å². The summed E-state index contributed by atoms with van der Waals surface area (Å²) in [5, 5.41) is 15.6. The topological polar surface area (TPSA) is 105 Å². The van der Waals surface area contributed by atoms with Gasteiger partial charge in [-0.15, -0.1) is 0 Å². The lowest BCUT2D eigenvalue weighted by Crippen LogP contribution is -2.26. The smallest absolute Gasteiger partial charge is 0.308 e. The molecule has 0 atom stereocenters. The Balaban J connectivity index is 1.72. The molecule has 3 aromatic rings. The summed E-state index contributed by atoms with van der Waals surface area (Å²) in [5.41, 5.74) is -0.292. The Hall–Kier alpha value is -3.87. The Kier molecular flexibility index (Phi) is 5.55. The first kappa shape index (κ1) is 18.9. The molecule has 142 valence electrons. The maximum absolute atomic E-state index is 12.2. The molecule has 0 bridgehead atoms. The summed E-state index contributed by atoms with van der Waals surface area (Å²) >= 11 is 0. The Morgan fingerprint density at radius 1 is 1.00 bits per heavy atom. The minimum Gasteiger partial charge on any atom is -0.545 e. The molecule has 3 rings (SSSR count). The number of hydrogen-bond acceptors (Lipinski definition) is 6. The van der Waals surface area contributed by atoms with E-state index in [1.54, 1.807) is 6.07 Å². The first-order valence-corrected chi connectivity index (χ1v) is 8.38. The molecule has 0 aliphatic rings. The summed E-state index contributed by atoms with van der Waals surface area (Å²) in [6.07, 6.45) is 0. The number of hydrogen-bond donors (Lipinski definition) is 1. The molecule has 28 heavy (non-hydrogen) atoms. The fraction of sp³-hybridized carbons (Fsp3) is 0.0952. The number of carboxylic acids is 1. The van der Waals surface area contributed by atoms with Crippen LogP contribution >= 0.6 is 0 Å². The monoisotopic (exact) mass is 378 g/mol. The lowest BCUT2D eigenvalue weighted by molar-refractivity contribution is -0.254. The van der Waals surface area contributed by atoms with Gasteiger partial charge in [-0.1, -0.05) is 36.4 Å². The van der Waals surface area contributed by atoms with Crippen molar-refractivity contribution in [1.82, 2.24) is 0 Å². The maximum atomic E-state index is 12.2. The van der Waals surface area contributed by atoms with Gasteiger partial charge in [0, 0.05) is 17.9 Å². The van der Waals surface area contributed by atoms with Gasteiger partial charge < -0.3 is 24.7 Å². The SMILES string of the molecule is CC(=O)Oc1ccc(NC(=O)COc2cccc3ccccc23)c(C(=O)[O-])c1. The third-order valence-electron chi connectivity index (χ3n) is 3.86. The van der Waals surface area contributed by atoms with Gasteiger partial charge in [0.2, 0.25) is 0 Å². The molecule has 0 spiro atoms. The Morgan fingerprint density at radius 3 is 2.50 bits per heavy atom. The highest BCUT2D eigenvalue weighted by Gasteiger charge is 2.12. The van der Waals surface area contributed by atoms with Gasteiger partial charge in [-0.2, -0.15) is 0 Å². The number of amides is 1. The number of fused-ring (bicyclic) bond motifs is 1. The van der Waals surface area contributed by atoms with Crippen molar-refractivity contribution in [2.24, 2.45) is 0 Å². The van der Waals surface area contributed by atoms with E-state index < -0.39 is 17.8 Å². The molecule has 7 heteroatoms. The number of aromatic carboxylic acids is 1. The number of carbonyl (C=O) groups excluding carboxylic acids is 3. The van der Waals surface area contributed by atoms with Crippen LogP contribution in [-0.4, -0.2) is 24.5 Å². The van der Waals surface area contributed by atoms with Crippen LogP contribution in [0, 0.1) is 0 Å². The van der Waals surface area contributed by atoms with Crippen LogP contribution in [0.2, 0.25) is 0 Å². The molecule has 0 saturated carbocycles. The summed E-state index contributed by atoms with van der Waals surface area (Å²) in [5.74, 6) is -2.07. The van der Waals surface area contributed by atoms with Gasteiger partial charge in [-0.25, -0.2) is 0 Å². The zero-order valence-electron chi connectivity index (χ0n) is 14.9. The van der Waals surface area contributed by atoms with Gasteiger partial charge >= 0.3 is 5.97 Å². The Morgan fingerprint density at radius 2 is 1.75 bits per heavy atom. The molecule has 0 unspecified atom stereocenters. The molecule has 1 N–H and O–H groups in total. The Bertz CT molecular complexity index is 1050. The highest BCUT2D eigenvalue weighted by Crippen LogP contribution is 2.25. The fourth-order valence-electron chi connectivity index (χ4n) is 2.68. The number of anilines is 1. The lowest BCUT2D eigenvalue weighted by Gasteiger charge is -2.14. The van der Waals surface area contributed by atoms with Gasteiger partial charge in [0.1, 0.15) is 11.5 Å². The summed E-state index contributed by atoms with van der Waals surface area (Å²) in [4.78, 5) is 34.6. The molecule has 0 aromatic heterocycles. The highest BCUT2D eigenvalue weighted by molar-refractivity contribution is 6.00. The molecular weight excluding hydrogens is 362 g/mol. The Labute approximate surface area is 160 Å². The average molecular weight is 378 g/mol. The third kappa shape index (κ3) is 4.45. The summed E-state index contributed by atoms with van der Waals surface area (Å²) < 4.78 is 10.4. The summed E-state index contributed by atoms with van der Waals surface area (Å²) in [6, 6.07) is 16.9.